The van der Waals surface area contributed by atoms with Crippen LogP contribution in [0.25, 0.3) is 11.5 Å². The van der Waals surface area contributed by atoms with Crippen molar-refractivity contribution in [3.8, 4) is 11.5 Å². The van der Waals surface area contributed by atoms with Crippen LogP contribution in [-0.4, -0.2) is 42.3 Å². The van der Waals surface area contributed by atoms with E-state index in [1.807, 2.05) is 0 Å². The van der Waals surface area contributed by atoms with Crippen molar-refractivity contribution >= 4 is 34.8 Å². The van der Waals surface area contributed by atoms with Crippen LogP contribution in [0.2, 0.25) is 5.02 Å². The van der Waals surface area contributed by atoms with Gasteiger partial charge in [-0.25, -0.2) is 19.9 Å². The Morgan fingerprint density at radius 1 is 1.05 bits per heavy atom. The lowest BCUT2D eigenvalue weighted by Crippen LogP contribution is -2.20. The molecule has 204 valence electrons. The number of aromatic nitrogens is 5. The maximum Gasteiger partial charge on any atom is 0.432 e. The number of pyridine rings is 1. The van der Waals surface area contributed by atoms with E-state index in [2.05, 4.69) is 35.2 Å². The molecule has 0 aliphatic carbocycles. The number of imidazole rings is 1. The molecule has 1 aliphatic heterocycles. The Morgan fingerprint density at radius 2 is 1.79 bits per heavy atom. The molecule has 0 saturated carbocycles. The zero-order valence-corrected chi connectivity index (χ0v) is 20.4. The highest BCUT2D eigenvalue weighted by Crippen LogP contribution is 2.35. The summed E-state index contributed by atoms with van der Waals surface area (Å²) in [6.07, 6.45) is -5.79. The Bertz CT molecular complexity index is 1500. The second kappa shape index (κ2) is 10.6. The van der Waals surface area contributed by atoms with Gasteiger partial charge in [0.1, 0.15) is 29.2 Å². The lowest BCUT2D eigenvalue weighted by atomic mass is 9.94. The molecule has 0 radical (unpaired) electrons. The largest absolute Gasteiger partial charge is 0.432 e. The summed E-state index contributed by atoms with van der Waals surface area (Å²) in [7, 11) is 0. The summed E-state index contributed by atoms with van der Waals surface area (Å²) in [6, 6.07) is 1.82. The smallest absolute Gasteiger partial charge is 0.333 e. The van der Waals surface area contributed by atoms with Crippen LogP contribution in [0.4, 0.5) is 32.2 Å². The van der Waals surface area contributed by atoms with Gasteiger partial charge in [-0.3, -0.25) is 14.6 Å². The van der Waals surface area contributed by atoms with Gasteiger partial charge in [0.2, 0.25) is 0 Å². The van der Waals surface area contributed by atoms with Crippen LogP contribution < -0.4 is 5.32 Å². The molecular formula is C23H16ClF6N7O2. The second-order valence-corrected chi connectivity index (χ2v) is 8.82. The second-order valence-electron chi connectivity index (χ2n) is 8.41. The van der Waals surface area contributed by atoms with Crippen LogP contribution in [-0.2, 0) is 17.1 Å². The lowest BCUT2D eigenvalue weighted by Gasteiger charge is -2.13. The first-order chi connectivity index (χ1) is 18.2. The van der Waals surface area contributed by atoms with Gasteiger partial charge in [-0.2, -0.15) is 26.3 Å². The van der Waals surface area contributed by atoms with Gasteiger partial charge in [-0.05, 0) is 12.1 Å². The molecule has 1 amide bonds. The minimum absolute atomic E-state index is 0.0141. The molecule has 2 N–H and O–H groups in total. The van der Waals surface area contributed by atoms with Gasteiger partial charge in [0.25, 0.3) is 5.91 Å². The maximum atomic E-state index is 13.1. The number of ketones is 1. The van der Waals surface area contributed by atoms with Crippen molar-refractivity contribution < 1.29 is 35.9 Å². The Balaban J connectivity index is 1.36. The zero-order valence-electron chi connectivity index (χ0n) is 19.7. The molecule has 3 aromatic heterocycles. The third-order valence-corrected chi connectivity index (χ3v) is 5.89. The Kier molecular flexibility index (Phi) is 7.54. The van der Waals surface area contributed by atoms with E-state index in [4.69, 9.17) is 11.6 Å². The maximum absolute atomic E-state index is 13.1. The fraction of sp³-hybridized carbons (Fsp3) is 0.261. The highest BCUT2D eigenvalue weighted by molar-refractivity contribution is 6.31. The first kappa shape index (κ1) is 27.9. The molecule has 0 spiro atoms. The molecule has 0 unspecified atom stereocenters. The topological polar surface area (TPSA) is 126 Å². The third kappa shape index (κ3) is 6.47. The molecule has 0 bridgehead atoms. The zero-order chi connectivity index (χ0) is 28.5. The van der Waals surface area contributed by atoms with E-state index in [-0.39, 0.29) is 41.4 Å². The first-order valence-electron chi connectivity index (χ1n) is 11.0. The normalized spacial score (nSPS) is 14.6. The van der Waals surface area contributed by atoms with E-state index in [0.29, 0.717) is 18.0 Å². The number of carbonyl (C=O) groups excluding carboxylic acids is 2. The summed E-state index contributed by atoms with van der Waals surface area (Å²) >= 11 is 5.54. The molecule has 0 aromatic carbocycles. The average molecular weight is 572 g/mol. The van der Waals surface area contributed by atoms with E-state index >= 15 is 0 Å². The predicted molar refractivity (Wildman–Crippen MR) is 126 cm³/mol. The molecule has 4 rings (SSSR count). The summed E-state index contributed by atoms with van der Waals surface area (Å²) in [4.78, 5) is 46.7. The number of hydrogen-bond donors (Lipinski definition) is 2. The Morgan fingerprint density at radius 3 is 2.46 bits per heavy atom. The predicted octanol–water partition coefficient (Wildman–Crippen LogP) is 5.53. The summed E-state index contributed by atoms with van der Waals surface area (Å²) in [5.74, 6) is -2.20. The van der Waals surface area contributed by atoms with Gasteiger partial charge in [0, 0.05) is 42.4 Å². The number of H-pyrrole nitrogens is 1. The number of alkyl halides is 6. The quantitative estimate of drug-likeness (QED) is 0.284. The molecular weight excluding hydrogens is 556 g/mol. The minimum atomic E-state index is -4.74. The molecule has 4 heterocycles. The lowest BCUT2D eigenvalue weighted by molar-refractivity contribution is -0.141. The van der Waals surface area contributed by atoms with Crippen LogP contribution in [0.3, 0.4) is 0 Å². The number of Topliss-reactive ketones (excluding diaryl/α,β-unsaturated/α-hetero) is 1. The van der Waals surface area contributed by atoms with Crippen LogP contribution in [0.15, 0.2) is 47.6 Å². The SMILES string of the molecule is C[C@@H](CC(=O)c1cc(-c2ncc(C(F)(F)F)[nH]2)ncn1)C1=NC=C(C(=O)Nc2cc(C(F)(F)F)c(Cl)cn2)C1. The monoisotopic (exact) mass is 571 g/mol. The van der Waals surface area contributed by atoms with Crippen LogP contribution in [0.1, 0.15) is 41.5 Å². The summed E-state index contributed by atoms with van der Waals surface area (Å²) in [6.45, 7) is 1.67. The molecule has 1 atom stereocenters. The van der Waals surface area contributed by atoms with E-state index in [9.17, 15) is 35.9 Å². The number of halogens is 7. The number of carbonyl (C=O) groups is 2. The number of nitrogens with one attached hydrogen (secondary N) is 2. The number of nitrogens with zero attached hydrogens (tertiary/aromatic N) is 5. The summed E-state index contributed by atoms with van der Waals surface area (Å²) < 4.78 is 77.6. The van der Waals surface area contributed by atoms with Crippen LogP contribution in [0.5, 0.6) is 0 Å². The van der Waals surface area contributed by atoms with Crippen LogP contribution >= 0.6 is 11.6 Å². The van der Waals surface area contributed by atoms with Gasteiger partial charge in [-0.1, -0.05) is 18.5 Å². The van der Waals surface area contributed by atoms with Crippen molar-refractivity contribution in [1.82, 2.24) is 24.9 Å². The molecule has 16 heteroatoms. The average Bonchev–Trinajstić information content (AvgIpc) is 3.55. The Labute approximate surface area is 220 Å². The van der Waals surface area contributed by atoms with E-state index in [1.54, 1.807) is 6.92 Å². The van der Waals surface area contributed by atoms with Crippen molar-refractivity contribution in [2.24, 2.45) is 10.9 Å². The fourth-order valence-corrected chi connectivity index (χ4v) is 3.75. The minimum Gasteiger partial charge on any atom is -0.333 e. The van der Waals surface area contributed by atoms with Gasteiger partial charge < -0.3 is 10.3 Å². The third-order valence-electron chi connectivity index (χ3n) is 5.59. The molecule has 3 aromatic rings. The van der Waals surface area contributed by atoms with Crippen molar-refractivity contribution in [1.29, 1.82) is 0 Å². The number of hydrogen-bond acceptors (Lipinski definition) is 7. The molecule has 0 saturated heterocycles. The molecule has 39 heavy (non-hydrogen) atoms. The van der Waals surface area contributed by atoms with Crippen LogP contribution in [0, 0.1) is 5.92 Å². The molecule has 1 aliphatic rings. The van der Waals surface area contributed by atoms with Crippen molar-refractivity contribution in [2.45, 2.75) is 32.1 Å². The highest BCUT2D eigenvalue weighted by atomic mass is 35.5. The van der Waals surface area contributed by atoms with E-state index in [1.165, 1.54) is 12.3 Å². The molecule has 0 fully saturated rings. The van der Waals surface area contributed by atoms with E-state index < -0.39 is 46.2 Å². The number of aliphatic imine (C=N–C) groups is 1. The van der Waals surface area contributed by atoms with Gasteiger partial charge in [0.05, 0.1) is 16.8 Å². The van der Waals surface area contributed by atoms with Crippen molar-refractivity contribution in [3.05, 3.63) is 64.6 Å². The van der Waals surface area contributed by atoms with Gasteiger partial charge in [0.15, 0.2) is 11.6 Å². The number of anilines is 1. The summed E-state index contributed by atoms with van der Waals surface area (Å²) in [5.41, 5.74) is -1.70. The van der Waals surface area contributed by atoms with Crippen molar-refractivity contribution in [3.63, 3.8) is 0 Å². The Hall–Kier alpha value is -4.14. The van der Waals surface area contributed by atoms with E-state index in [0.717, 1.165) is 12.5 Å². The van der Waals surface area contributed by atoms with Crippen molar-refractivity contribution in [2.75, 3.05) is 5.32 Å². The molecule has 9 nitrogen and oxygen atoms in total. The standard InChI is InChI=1S/C23H16ClF6N7O2/c1-10(2-17(38)15-5-16(35-9-34-15)20-33-8-18(36-20)23(28,29)30)14-3-11(6-31-14)21(39)37-19-4-12(22(25,26)27)13(24)7-32-19/h4-10H,2-3H2,1H3,(H,33,36)(H,32,37,39)/t10-/m0/s1. The highest BCUT2D eigenvalue weighted by Gasteiger charge is 2.35. The summed E-state index contributed by atoms with van der Waals surface area (Å²) in [5, 5.41) is 1.65. The fourth-order valence-electron chi connectivity index (χ4n) is 3.54. The first-order valence-corrected chi connectivity index (χ1v) is 11.4. The number of amides is 1. The number of aromatic amines is 1. The number of rotatable bonds is 7. The van der Waals surface area contributed by atoms with Gasteiger partial charge in [-0.15, -0.1) is 0 Å². The van der Waals surface area contributed by atoms with Gasteiger partial charge >= 0.3 is 12.4 Å².